The van der Waals surface area contributed by atoms with Crippen molar-refractivity contribution in [2.45, 2.75) is 39.2 Å². The maximum absolute atomic E-state index is 13.5. The highest BCUT2D eigenvalue weighted by Gasteiger charge is 2.24. The third-order valence-corrected chi connectivity index (χ3v) is 6.44. The van der Waals surface area contributed by atoms with Crippen LogP contribution in [0.2, 0.25) is 10.0 Å². The molecule has 1 heterocycles. The SMILES string of the molecule is COc1ccc(NC(=O)C(C)Oc2c(-c3ccc(C(C)(C)C)cc3)oc3ccc(Cl)cc3c2=O)cc1Cl. The molecule has 192 valence electrons. The molecule has 1 N–H and O–H groups in total. The van der Waals surface area contributed by atoms with Crippen LogP contribution >= 0.6 is 23.2 Å². The van der Waals surface area contributed by atoms with Gasteiger partial charge in [0.15, 0.2) is 11.9 Å². The molecule has 4 aromatic rings. The number of carbonyl (C=O) groups excluding carboxylic acids is 1. The van der Waals surface area contributed by atoms with Gasteiger partial charge >= 0.3 is 0 Å². The van der Waals surface area contributed by atoms with E-state index >= 15 is 0 Å². The Labute approximate surface area is 225 Å². The van der Waals surface area contributed by atoms with Crippen molar-refractivity contribution in [3.8, 4) is 22.8 Å². The van der Waals surface area contributed by atoms with E-state index in [2.05, 4.69) is 26.1 Å². The molecule has 6 nitrogen and oxygen atoms in total. The van der Waals surface area contributed by atoms with E-state index in [1.54, 1.807) is 37.3 Å². The Bertz CT molecular complexity index is 1520. The summed E-state index contributed by atoms with van der Waals surface area (Å²) in [4.78, 5) is 26.5. The van der Waals surface area contributed by atoms with Gasteiger partial charge in [0, 0.05) is 16.3 Å². The van der Waals surface area contributed by atoms with Crippen molar-refractivity contribution >= 4 is 45.8 Å². The van der Waals surface area contributed by atoms with E-state index in [-0.39, 0.29) is 22.3 Å². The fourth-order valence-corrected chi connectivity index (χ4v) is 4.22. The van der Waals surface area contributed by atoms with E-state index in [0.29, 0.717) is 32.6 Å². The van der Waals surface area contributed by atoms with Crippen molar-refractivity contribution < 1.29 is 18.7 Å². The van der Waals surface area contributed by atoms with Crippen molar-refractivity contribution in [1.29, 1.82) is 0 Å². The third kappa shape index (κ3) is 5.76. The zero-order chi connectivity index (χ0) is 26.9. The number of ether oxygens (including phenoxy) is 2. The molecule has 3 aromatic carbocycles. The first-order valence-corrected chi connectivity index (χ1v) is 12.4. The number of hydrogen-bond donors (Lipinski definition) is 1. The summed E-state index contributed by atoms with van der Waals surface area (Å²) in [5, 5.41) is 3.74. The monoisotopic (exact) mass is 539 g/mol. The van der Waals surface area contributed by atoms with Crippen molar-refractivity contribution in [1.82, 2.24) is 0 Å². The van der Waals surface area contributed by atoms with Crippen LogP contribution in [0.4, 0.5) is 5.69 Å². The minimum absolute atomic E-state index is 0.0458. The highest BCUT2D eigenvalue weighted by molar-refractivity contribution is 6.32. The number of methoxy groups -OCH3 is 1. The summed E-state index contributed by atoms with van der Waals surface area (Å²) in [6, 6.07) is 17.4. The summed E-state index contributed by atoms with van der Waals surface area (Å²) in [7, 11) is 1.51. The molecular formula is C29H27Cl2NO5. The fourth-order valence-electron chi connectivity index (χ4n) is 3.79. The predicted molar refractivity (Wildman–Crippen MR) is 148 cm³/mol. The van der Waals surface area contributed by atoms with Crippen molar-refractivity contribution in [3.63, 3.8) is 0 Å². The maximum Gasteiger partial charge on any atom is 0.265 e. The number of hydrogen-bond acceptors (Lipinski definition) is 5. The molecule has 0 fully saturated rings. The van der Waals surface area contributed by atoms with Gasteiger partial charge in [-0.2, -0.15) is 0 Å². The van der Waals surface area contributed by atoms with Crippen LogP contribution in [-0.2, 0) is 10.2 Å². The van der Waals surface area contributed by atoms with E-state index in [4.69, 9.17) is 37.1 Å². The summed E-state index contributed by atoms with van der Waals surface area (Å²) < 4.78 is 17.2. The predicted octanol–water partition coefficient (Wildman–Crippen LogP) is 7.48. The first-order chi connectivity index (χ1) is 17.5. The van der Waals surface area contributed by atoms with E-state index in [1.165, 1.54) is 13.2 Å². The zero-order valence-electron chi connectivity index (χ0n) is 21.1. The van der Waals surface area contributed by atoms with Gasteiger partial charge in [-0.25, -0.2) is 0 Å². The smallest absolute Gasteiger partial charge is 0.265 e. The minimum atomic E-state index is -1.03. The lowest BCUT2D eigenvalue weighted by atomic mass is 9.86. The molecule has 1 atom stereocenters. The molecule has 0 bridgehead atoms. The second-order valence-electron chi connectivity index (χ2n) is 9.66. The first-order valence-electron chi connectivity index (χ1n) is 11.7. The molecule has 8 heteroatoms. The molecule has 0 saturated carbocycles. The van der Waals surface area contributed by atoms with Crippen LogP contribution in [0.1, 0.15) is 33.3 Å². The van der Waals surface area contributed by atoms with Crippen LogP contribution < -0.4 is 20.2 Å². The quantitative estimate of drug-likeness (QED) is 0.274. The van der Waals surface area contributed by atoms with Gasteiger partial charge < -0.3 is 19.2 Å². The van der Waals surface area contributed by atoms with Crippen LogP contribution in [0.3, 0.4) is 0 Å². The van der Waals surface area contributed by atoms with Crippen molar-refractivity contribution in [3.05, 3.63) is 86.5 Å². The van der Waals surface area contributed by atoms with Crippen LogP contribution in [-0.4, -0.2) is 19.1 Å². The molecule has 0 saturated heterocycles. The molecule has 1 aromatic heterocycles. The second-order valence-corrected chi connectivity index (χ2v) is 10.5. The van der Waals surface area contributed by atoms with Gasteiger partial charge in [-0.05, 0) is 54.3 Å². The summed E-state index contributed by atoms with van der Waals surface area (Å²) in [5.41, 5.74) is 2.12. The van der Waals surface area contributed by atoms with Gasteiger partial charge in [-0.15, -0.1) is 0 Å². The van der Waals surface area contributed by atoms with Gasteiger partial charge in [0.1, 0.15) is 11.3 Å². The van der Waals surface area contributed by atoms with Crippen molar-refractivity contribution in [2.24, 2.45) is 0 Å². The lowest BCUT2D eigenvalue weighted by Crippen LogP contribution is -2.31. The molecule has 0 aliphatic rings. The molecule has 1 amide bonds. The fraction of sp³-hybridized carbons (Fsp3) is 0.241. The minimum Gasteiger partial charge on any atom is -0.495 e. The summed E-state index contributed by atoms with van der Waals surface area (Å²) in [6.45, 7) is 7.90. The summed E-state index contributed by atoms with van der Waals surface area (Å²) >= 11 is 12.3. The molecule has 0 spiro atoms. The summed E-state index contributed by atoms with van der Waals surface area (Å²) in [5.74, 6) is 0.167. The summed E-state index contributed by atoms with van der Waals surface area (Å²) in [6.07, 6.45) is -1.03. The standard InChI is InChI=1S/C29H27Cl2NO5/c1-16(28(34)32-20-11-13-24(35-5)22(31)15-20)36-27-25(33)21-14-19(30)10-12-23(21)37-26(27)17-6-8-18(9-7-17)29(2,3)4/h6-16H,1-5H3,(H,32,34). The highest BCUT2D eigenvalue weighted by atomic mass is 35.5. The van der Waals surface area contributed by atoms with Crippen molar-refractivity contribution in [2.75, 3.05) is 12.4 Å². The molecule has 0 radical (unpaired) electrons. The molecule has 37 heavy (non-hydrogen) atoms. The van der Waals surface area contributed by atoms with Gasteiger partial charge in [0.05, 0.1) is 17.5 Å². The number of benzene rings is 3. The molecule has 0 aliphatic carbocycles. The number of amides is 1. The number of rotatable bonds is 6. The number of carbonyl (C=O) groups is 1. The maximum atomic E-state index is 13.5. The Morgan fingerprint density at radius 1 is 1.00 bits per heavy atom. The number of anilines is 1. The number of nitrogens with one attached hydrogen (secondary N) is 1. The lowest BCUT2D eigenvalue weighted by Gasteiger charge is -2.20. The lowest BCUT2D eigenvalue weighted by molar-refractivity contribution is -0.122. The zero-order valence-corrected chi connectivity index (χ0v) is 22.7. The number of fused-ring (bicyclic) bond motifs is 1. The first kappa shape index (κ1) is 26.6. The Morgan fingerprint density at radius 3 is 2.32 bits per heavy atom. The normalized spacial score (nSPS) is 12.3. The average Bonchev–Trinajstić information content (AvgIpc) is 2.85. The molecule has 1 unspecified atom stereocenters. The topological polar surface area (TPSA) is 77.8 Å². The highest BCUT2D eigenvalue weighted by Crippen LogP contribution is 2.34. The van der Waals surface area contributed by atoms with E-state index in [9.17, 15) is 9.59 Å². The van der Waals surface area contributed by atoms with E-state index in [0.717, 1.165) is 5.56 Å². The largest absolute Gasteiger partial charge is 0.495 e. The Morgan fingerprint density at radius 2 is 1.70 bits per heavy atom. The van der Waals surface area contributed by atoms with E-state index < -0.39 is 17.4 Å². The van der Waals surface area contributed by atoms with Gasteiger partial charge in [0.2, 0.25) is 11.2 Å². The molecular weight excluding hydrogens is 513 g/mol. The Kier molecular flexibility index (Phi) is 7.53. The van der Waals surface area contributed by atoms with Crippen LogP contribution in [0.25, 0.3) is 22.3 Å². The van der Waals surface area contributed by atoms with Gasteiger partial charge in [-0.1, -0.05) is 68.2 Å². The van der Waals surface area contributed by atoms with Crippen LogP contribution in [0.5, 0.6) is 11.5 Å². The van der Waals surface area contributed by atoms with Gasteiger partial charge in [0.25, 0.3) is 5.91 Å². The Hall–Kier alpha value is -3.48. The molecule has 4 rings (SSSR count). The number of halogens is 2. The Balaban J connectivity index is 1.72. The average molecular weight is 540 g/mol. The van der Waals surface area contributed by atoms with Crippen LogP contribution in [0.15, 0.2) is 69.9 Å². The third-order valence-electron chi connectivity index (χ3n) is 5.91. The van der Waals surface area contributed by atoms with Gasteiger partial charge in [-0.3, -0.25) is 9.59 Å². The van der Waals surface area contributed by atoms with Crippen LogP contribution in [0, 0.1) is 0 Å². The second kappa shape index (κ2) is 10.5. The van der Waals surface area contributed by atoms with E-state index in [1.807, 2.05) is 24.3 Å². The molecule has 0 aliphatic heterocycles.